The van der Waals surface area contributed by atoms with E-state index in [4.69, 9.17) is 30.5 Å². The zero-order chi connectivity index (χ0) is 49.4. The molecule has 8 heteroatoms. The third-order valence-electron chi connectivity index (χ3n) is 12.4. The minimum atomic E-state index is -0.418. The van der Waals surface area contributed by atoms with Crippen LogP contribution in [0.3, 0.4) is 0 Å². The maximum absolute atomic E-state index is 12.9. The molecule has 0 saturated carbocycles. The highest BCUT2D eigenvalue weighted by molar-refractivity contribution is 14.1. The van der Waals surface area contributed by atoms with Gasteiger partial charge in [-0.05, 0) is 123 Å². The molecule has 0 aliphatic carbocycles. The van der Waals surface area contributed by atoms with Gasteiger partial charge in [-0.1, -0.05) is 220 Å². The molecule has 0 atom stereocenters. The number of benzene rings is 5. The van der Waals surface area contributed by atoms with Crippen LogP contribution in [-0.4, -0.2) is 25.2 Å². The number of rotatable bonds is 34. The highest BCUT2D eigenvalue weighted by atomic mass is 127. The summed E-state index contributed by atoms with van der Waals surface area (Å²) in [6.07, 6.45) is 34.1. The first-order valence-corrected chi connectivity index (χ1v) is 27.6. The molecule has 6 nitrogen and oxygen atoms in total. The Kier molecular flexibility index (Phi) is 27.0. The van der Waals surface area contributed by atoms with Gasteiger partial charge in [0.25, 0.3) is 0 Å². The highest BCUT2D eigenvalue weighted by Crippen LogP contribution is 2.28. The van der Waals surface area contributed by atoms with Crippen molar-refractivity contribution in [1.29, 1.82) is 0 Å². The van der Waals surface area contributed by atoms with Gasteiger partial charge in [0.05, 0.1) is 32.9 Å². The van der Waals surface area contributed by atoms with E-state index < -0.39 is 11.9 Å². The zero-order valence-corrected chi connectivity index (χ0v) is 44.8. The average Bonchev–Trinajstić information content (AvgIpc) is 3.38. The topological polar surface area (TPSA) is 71.1 Å². The van der Waals surface area contributed by atoms with Crippen LogP contribution in [-0.2, 0) is 22.7 Å². The largest absolute Gasteiger partial charge is 0.492 e. The molecule has 5 aromatic carbocycles. The monoisotopic (exact) mass is 1080 g/mol. The van der Waals surface area contributed by atoms with Gasteiger partial charge in [0.15, 0.2) is 0 Å². The molecular formula is C62H76ClIO6. The van der Waals surface area contributed by atoms with Crippen molar-refractivity contribution in [1.82, 2.24) is 0 Å². The second kappa shape index (κ2) is 33.7. The maximum atomic E-state index is 12.9. The van der Waals surface area contributed by atoms with E-state index in [1.54, 1.807) is 24.3 Å². The van der Waals surface area contributed by atoms with Crippen LogP contribution >= 0.6 is 34.2 Å². The fraction of sp³-hybridized carbons (Fsp3) is 0.419. The molecular weight excluding hydrogens is 1000 g/mol. The van der Waals surface area contributed by atoms with Crippen molar-refractivity contribution >= 4 is 70.4 Å². The van der Waals surface area contributed by atoms with Gasteiger partial charge >= 0.3 is 11.9 Å². The summed E-state index contributed by atoms with van der Waals surface area (Å²) >= 11 is 8.90. The molecule has 70 heavy (non-hydrogen) atoms. The molecule has 5 aromatic rings. The van der Waals surface area contributed by atoms with E-state index >= 15 is 0 Å². The lowest BCUT2D eigenvalue weighted by Gasteiger charge is -2.09. The predicted molar refractivity (Wildman–Crippen MR) is 301 cm³/mol. The van der Waals surface area contributed by atoms with Gasteiger partial charge in [0, 0.05) is 0 Å². The fourth-order valence-electron chi connectivity index (χ4n) is 8.14. The Hall–Kier alpha value is -4.86. The van der Waals surface area contributed by atoms with Crippen LogP contribution in [0.4, 0.5) is 0 Å². The highest BCUT2D eigenvalue weighted by Gasteiger charge is 2.11. The van der Waals surface area contributed by atoms with Crippen LogP contribution in [0.25, 0.3) is 24.3 Å². The smallest absolute Gasteiger partial charge is 0.338 e. The molecule has 0 heterocycles. The van der Waals surface area contributed by atoms with Crippen molar-refractivity contribution in [3.8, 4) is 11.5 Å². The zero-order valence-electron chi connectivity index (χ0n) is 41.9. The van der Waals surface area contributed by atoms with Crippen molar-refractivity contribution < 1.29 is 28.5 Å². The molecule has 0 amide bonds. The first kappa shape index (κ1) is 56.1. The lowest BCUT2D eigenvalue weighted by Crippen LogP contribution is -2.07. The van der Waals surface area contributed by atoms with Gasteiger partial charge in [0.1, 0.15) is 24.7 Å². The first-order valence-electron chi connectivity index (χ1n) is 26.1. The van der Waals surface area contributed by atoms with Crippen LogP contribution in [0.15, 0.2) is 109 Å². The van der Waals surface area contributed by atoms with E-state index in [-0.39, 0.29) is 13.2 Å². The summed E-state index contributed by atoms with van der Waals surface area (Å²) in [6.45, 7) is 6.14. The summed E-state index contributed by atoms with van der Waals surface area (Å²) in [6, 6.07) is 34.2. The lowest BCUT2D eigenvalue weighted by molar-refractivity contribution is 0.0471. The van der Waals surface area contributed by atoms with Crippen LogP contribution in [0.5, 0.6) is 11.5 Å². The minimum absolute atomic E-state index is 0.0908. The second-order valence-electron chi connectivity index (χ2n) is 18.3. The molecule has 0 N–H and O–H groups in total. The number of halogens is 2. The van der Waals surface area contributed by atoms with Crippen LogP contribution < -0.4 is 9.47 Å². The summed E-state index contributed by atoms with van der Waals surface area (Å²) in [5.41, 5.74) is 6.49. The standard InChI is InChI=1S/C62H76ClIO6/c1-3-5-7-9-11-13-15-17-19-21-42-67-59-40-34-51(45-57(59)63)28-26-49-30-36-55(37-31-49)61(65)69-47-53-24-23-25-54(44-53)48-70-62(66)56-38-32-50(33-39-56)27-29-52-35-41-60(58(64)46-52)68-43-22-20-18-16-14-12-10-8-6-4-2/h23-41,44-46H,3-22,42-43,47-48H2,1-2H3/b28-26+,29-27+. The molecule has 0 aliphatic rings. The van der Waals surface area contributed by atoms with Crippen molar-refractivity contribution in [2.75, 3.05) is 13.2 Å². The van der Waals surface area contributed by atoms with Crippen molar-refractivity contribution in [2.24, 2.45) is 0 Å². The Morgan fingerprint density at radius 2 is 0.814 bits per heavy atom. The number of ether oxygens (including phenoxy) is 4. The number of hydrogen-bond acceptors (Lipinski definition) is 6. The summed E-state index contributed by atoms with van der Waals surface area (Å²) in [5.74, 6) is 0.814. The van der Waals surface area contributed by atoms with E-state index in [0.29, 0.717) is 28.5 Å². The Labute approximate surface area is 438 Å². The Balaban J connectivity index is 0.963. The third kappa shape index (κ3) is 22.1. The summed E-state index contributed by atoms with van der Waals surface area (Å²) < 4.78 is 24.4. The molecule has 374 valence electrons. The Morgan fingerprint density at radius 3 is 1.24 bits per heavy atom. The van der Waals surface area contributed by atoms with E-state index in [2.05, 4.69) is 54.6 Å². The fourth-order valence-corrected chi connectivity index (χ4v) is 9.08. The van der Waals surface area contributed by atoms with E-state index in [0.717, 1.165) is 62.1 Å². The molecule has 0 aromatic heterocycles. The van der Waals surface area contributed by atoms with Gasteiger partial charge in [-0.3, -0.25) is 0 Å². The van der Waals surface area contributed by atoms with Crippen LogP contribution in [0.1, 0.15) is 196 Å². The van der Waals surface area contributed by atoms with Crippen LogP contribution in [0, 0.1) is 3.57 Å². The van der Waals surface area contributed by atoms with E-state index in [9.17, 15) is 9.59 Å². The van der Waals surface area contributed by atoms with Gasteiger partial charge in [-0.2, -0.15) is 0 Å². The molecule has 0 fully saturated rings. The summed E-state index contributed by atoms with van der Waals surface area (Å²) in [5, 5.41) is 0.595. The molecule has 0 bridgehead atoms. The number of carbonyl (C=O) groups is 2. The number of carbonyl (C=O) groups excluding carboxylic acids is 2. The molecule has 5 rings (SSSR count). The molecule has 0 saturated heterocycles. The number of unbranched alkanes of at least 4 members (excludes halogenated alkanes) is 18. The van der Waals surface area contributed by atoms with Crippen LogP contribution in [0.2, 0.25) is 5.02 Å². The SMILES string of the molecule is CCCCCCCCCCCCOc1ccc(/C=C/c2ccc(C(=O)OCc3cccc(COC(=O)c4ccc(/C=C/c5ccc(OCCCCCCCCCCCC)c(I)c5)cc4)c3)cc2)cc1Cl. The van der Waals surface area contributed by atoms with Crippen molar-refractivity contribution in [3.63, 3.8) is 0 Å². The third-order valence-corrected chi connectivity index (χ3v) is 13.5. The average molecular weight is 1080 g/mol. The van der Waals surface area contributed by atoms with Gasteiger partial charge in [-0.25, -0.2) is 9.59 Å². The lowest BCUT2D eigenvalue weighted by atomic mass is 10.1. The number of esters is 2. The Bertz CT molecular complexity index is 2180. The van der Waals surface area contributed by atoms with E-state index in [1.807, 2.05) is 91.0 Å². The predicted octanol–water partition coefficient (Wildman–Crippen LogP) is 18.6. The normalized spacial score (nSPS) is 11.4. The molecule has 0 radical (unpaired) electrons. The van der Waals surface area contributed by atoms with Gasteiger partial charge in [-0.15, -0.1) is 0 Å². The number of hydrogen-bond donors (Lipinski definition) is 0. The first-order chi connectivity index (χ1) is 34.3. The van der Waals surface area contributed by atoms with Gasteiger partial charge < -0.3 is 18.9 Å². The van der Waals surface area contributed by atoms with Crippen molar-refractivity contribution in [3.05, 3.63) is 162 Å². The minimum Gasteiger partial charge on any atom is -0.492 e. The molecule has 0 aliphatic heterocycles. The molecule has 0 spiro atoms. The second-order valence-corrected chi connectivity index (χ2v) is 19.9. The quantitative estimate of drug-likeness (QED) is 0.0177. The Morgan fingerprint density at radius 1 is 0.443 bits per heavy atom. The summed E-state index contributed by atoms with van der Waals surface area (Å²) in [7, 11) is 0. The van der Waals surface area contributed by atoms with Gasteiger partial charge in [0.2, 0.25) is 0 Å². The molecule has 0 unspecified atom stereocenters. The summed E-state index contributed by atoms with van der Waals surface area (Å²) in [4.78, 5) is 25.9. The maximum Gasteiger partial charge on any atom is 0.338 e. The van der Waals surface area contributed by atoms with E-state index in [1.165, 1.54) is 116 Å². The van der Waals surface area contributed by atoms with Crippen molar-refractivity contribution in [2.45, 2.75) is 155 Å².